The van der Waals surface area contributed by atoms with Crippen LogP contribution in [0.3, 0.4) is 0 Å². The number of nitrogens with two attached hydrogens (primary N) is 3. The molecule has 12 heteroatoms. The van der Waals surface area contributed by atoms with Crippen LogP contribution in [0.25, 0.3) is 10.9 Å². The molecule has 0 aliphatic heterocycles. The van der Waals surface area contributed by atoms with Gasteiger partial charge in [-0.05, 0) is 35.9 Å². The Kier molecular flexibility index (Phi) is 5.84. The maximum Gasteiger partial charge on any atom is 0.274 e. The van der Waals surface area contributed by atoms with Gasteiger partial charge in [0.05, 0.1) is 11.8 Å². The monoisotopic (exact) mass is 469 g/mol. The lowest BCUT2D eigenvalue weighted by molar-refractivity contribution is 0.0944. The van der Waals surface area contributed by atoms with E-state index in [0.29, 0.717) is 21.7 Å². The van der Waals surface area contributed by atoms with E-state index in [1.165, 1.54) is 24.5 Å². The topological polar surface area (TPSA) is 166 Å². The number of rotatable bonds is 6. The molecule has 168 valence electrons. The van der Waals surface area contributed by atoms with Gasteiger partial charge in [0.1, 0.15) is 5.03 Å². The molecule has 9 nitrogen and oxygen atoms in total. The zero-order valence-electron chi connectivity index (χ0n) is 16.9. The Morgan fingerprint density at radius 1 is 1.15 bits per heavy atom. The molecule has 2 heterocycles. The van der Waals surface area contributed by atoms with Gasteiger partial charge in [-0.1, -0.05) is 11.8 Å². The largest absolute Gasteiger partial charge is 0.399 e. The number of nitrogens with zero attached hydrogens (tertiary/aromatic N) is 2. The molecular weight excluding hydrogens is 452 g/mol. The highest BCUT2D eigenvalue weighted by Crippen LogP contribution is 2.31. The fraction of sp³-hybridized carbons (Fsp3) is 0.0476. The van der Waals surface area contributed by atoms with Gasteiger partial charge in [-0.15, -0.1) is 0 Å². The number of primary amides is 1. The molecule has 33 heavy (non-hydrogen) atoms. The van der Waals surface area contributed by atoms with Crippen molar-refractivity contribution in [2.24, 2.45) is 5.73 Å². The molecule has 0 aliphatic carbocycles. The number of halogens is 2. The lowest BCUT2D eigenvalue weighted by atomic mass is 10.1. The van der Waals surface area contributed by atoms with Crippen molar-refractivity contribution < 1.29 is 18.4 Å². The van der Waals surface area contributed by atoms with Gasteiger partial charge in [0.25, 0.3) is 5.91 Å². The zero-order chi connectivity index (χ0) is 23.7. The van der Waals surface area contributed by atoms with E-state index < -0.39 is 23.4 Å². The Hall–Kier alpha value is -4.19. The number of hydrogen-bond donors (Lipinski definition) is 5. The molecule has 2 amide bonds. The quantitative estimate of drug-likeness (QED) is 0.271. The second-order valence-electron chi connectivity index (χ2n) is 6.94. The molecule has 0 saturated heterocycles. The number of nitrogen functional groups attached to an aromatic ring is 2. The summed E-state index contributed by atoms with van der Waals surface area (Å²) in [5.41, 5.74) is 18.1. The number of amides is 2. The Bertz CT molecular complexity index is 1410. The third-order valence-corrected chi connectivity index (χ3v) is 5.72. The van der Waals surface area contributed by atoms with Gasteiger partial charge in [0.2, 0.25) is 5.91 Å². The summed E-state index contributed by atoms with van der Waals surface area (Å²) in [6, 6.07) is 7.05. The lowest BCUT2D eigenvalue weighted by Gasteiger charge is -2.10. The average molecular weight is 469 g/mol. The molecule has 0 spiro atoms. The number of anilines is 2. The normalized spacial score (nSPS) is 11.0. The van der Waals surface area contributed by atoms with Crippen LogP contribution in [0, 0.1) is 11.6 Å². The third kappa shape index (κ3) is 4.41. The van der Waals surface area contributed by atoms with Crippen LogP contribution in [0.1, 0.15) is 26.4 Å². The SMILES string of the molecule is NC(=O)c1cc(N)ccc1Sc1cnc(N)c(C(=O)NCc2c[nH]c3ccc(F)c(F)c23)n1. The number of aromatic amines is 1. The first-order chi connectivity index (χ1) is 15.7. The minimum atomic E-state index is -1.01. The summed E-state index contributed by atoms with van der Waals surface area (Å²) in [6.07, 6.45) is 2.82. The number of carbonyl (C=O) groups excluding carboxylic acids is 2. The van der Waals surface area contributed by atoms with Crippen LogP contribution in [0.15, 0.2) is 52.6 Å². The highest BCUT2D eigenvalue weighted by atomic mass is 32.2. The average Bonchev–Trinajstić information content (AvgIpc) is 3.20. The van der Waals surface area contributed by atoms with Gasteiger partial charge in [0, 0.05) is 34.2 Å². The molecule has 2 aromatic heterocycles. The maximum absolute atomic E-state index is 14.2. The van der Waals surface area contributed by atoms with Crippen molar-refractivity contribution in [1.29, 1.82) is 0 Å². The highest BCUT2D eigenvalue weighted by molar-refractivity contribution is 7.99. The van der Waals surface area contributed by atoms with E-state index in [1.807, 2.05) is 0 Å². The molecule has 0 unspecified atom stereocenters. The number of H-pyrrole nitrogens is 1. The maximum atomic E-state index is 14.2. The van der Waals surface area contributed by atoms with Crippen LogP contribution in [0.2, 0.25) is 0 Å². The number of hydrogen-bond acceptors (Lipinski definition) is 7. The van der Waals surface area contributed by atoms with Gasteiger partial charge in [-0.25, -0.2) is 18.7 Å². The molecule has 0 aliphatic rings. The Morgan fingerprint density at radius 3 is 2.70 bits per heavy atom. The van der Waals surface area contributed by atoms with Crippen molar-refractivity contribution in [2.45, 2.75) is 16.5 Å². The fourth-order valence-corrected chi connectivity index (χ4v) is 4.03. The highest BCUT2D eigenvalue weighted by Gasteiger charge is 2.18. The zero-order valence-corrected chi connectivity index (χ0v) is 17.7. The molecule has 0 saturated carbocycles. The predicted octanol–water partition coefficient (Wildman–Crippen LogP) is 2.58. The Balaban J connectivity index is 1.56. The van der Waals surface area contributed by atoms with Crippen LogP contribution in [0.4, 0.5) is 20.3 Å². The van der Waals surface area contributed by atoms with E-state index >= 15 is 0 Å². The third-order valence-electron chi connectivity index (χ3n) is 4.73. The van der Waals surface area contributed by atoms with E-state index in [-0.39, 0.29) is 34.0 Å². The van der Waals surface area contributed by atoms with Gasteiger partial charge in [-0.2, -0.15) is 0 Å². The summed E-state index contributed by atoms with van der Waals surface area (Å²) >= 11 is 1.05. The summed E-state index contributed by atoms with van der Waals surface area (Å²) in [6.45, 7) is -0.110. The Morgan fingerprint density at radius 2 is 1.94 bits per heavy atom. The molecule has 0 atom stereocenters. The second kappa shape index (κ2) is 8.74. The lowest BCUT2D eigenvalue weighted by Crippen LogP contribution is -2.25. The van der Waals surface area contributed by atoms with E-state index in [9.17, 15) is 18.4 Å². The van der Waals surface area contributed by atoms with Gasteiger partial charge < -0.3 is 27.5 Å². The van der Waals surface area contributed by atoms with Crippen LogP contribution >= 0.6 is 11.8 Å². The Labute approximate surface area is 189 Å². The van der Waals surface area contributed by atoms with Crippen LogP contribution in [0.5, 0.6) is 0 Å². The number of carbonyl (C=O) groups is 2. The van der Waals surface area contributed by atoms with Crippen molar-refractivity contribution in [3.63, 3.8) is 0 Å². The van der Waals surface area contributed by atoms with Gasteiger partial charge in [-0.3, -0.25) is 9.59 Å². The molecule has 4 aromatic rings. The molecule has 4 rings (SSSR count). The van der Waals surface area contributed by atoms with Gasteiger partial charge in [0.15, 0.2) is 23.1 Å². The van der Waals surface area contributed by atoms with Crippen molar-refractivity contribution >= 4 is 46.0 Å². The molecule has 0 radical (unpaired) electrons. The van der Waals surface area contributed by atoms with E-state index in [0.717, 1.165) is 17.8 Å². The van der Waals surface area contributed by atoms with Crippen LogP contribution in [-0.2, 0) is 6.54 Å². The first-order valence-corrected chi connectivity index (χ1v) is 10.3. The van der Waals surface area contributed by atoms with Crippen molar-refractivity contribution in [3.8, 4) is 0 Å². The van der Waals surface area contributed by atoms with Crippen molar-refractivity contribution in [1.82, 2.24) is 20.3 Å². The first-order valence-electron chi connectivity index (χ1n) is 9.46. The van der Waals surface area contributed by atoms with E-state index in [1.54, 1.807) is 12.1 Å². The molecular formula is C21H17F2N7O2S. The number of nitrogens with one attached hydrogen (secondary N) is 2. The number of aromatic nitrogens is 3. The molecule has 0 fully saturated rings. The summed E-state index contributed by atoms with van der Waals surface area (Å²) in [5.74, 6) is -3.47. The van der Waals surface area contributed by atoms with Crippen molar-refractivity contribution in [2.75, 3.05) is 11.5 Å². The van der Waals surface area contributed by atoms with E-state index in [4.69, 9.17) is 17.2 Å². The minimum absolute atomic E-state index is 0.0426. The van der Waals surface area contributed by atoms with E-state index in [2.05, 4.69) is 20.3 Å². The number of benzene rings is 2. The van der Waals surface area contributed by atoms with Crippen LogP contribution < -0.4 is 22.5 Å². The first kappa shape index (κ1) is 22.0. The molecule has 0 bridgehead atoms. The minimum Gasteiger partial charge on any atom is -0.399 e. The summed E-state index contributed by atoms with van der Waals surface area (Å²) in [5, 5.41) is 2.90. The summed E-state index contributed by atoms with van der Waals surface area (Å²) < 4.78 is 27.8. The fourth-order valence-electron chi connectivity index (χ4n) is 3.16. The second-order valence-corrected chi connectivity index (χ2v) is 8.01. The van der Waals surface area contributed by atoms with Crippen LogP contribution in [-0.4, -0.2) is 26.8 Å². The number of fused-ring (bicyclic) bond motifs is 1. The summed E-state index contributed by atoms with van der Waals surface area (Å²) in [7, 11) is 0. The standard InChI is InChI=1S/C21H17F2N7O2S/c22-12-2-3-13-16(17(12)23)9(6-27-13)7-29-21(32)18-19(25)28-8-15(30-18)33-14-4-1-10(24)5-11(14)20(26)31/h1-6,8,27H,7,24H2,(H2,25,28)(H2,26,31)(H,29,32). The predicted molar refractivity (Wildman–Crippen MR) is 119 cm³/mol. The molecule has 8 N–H and O–H groups in total. The van der Waals surface area contributed by atoms with Crippen molar-refractivity contribution in [3.05, 3.63) is 71.2 Å². The van der Waals surface area contributed by atoms with Gasteiger partial charge >= 0.3 is 0 Å². The smallest absolute Gasteiger partial charge is 0.274 e. The molecule has 2 aromatic carbocycles. The summed E-state index contributed by atoms with van der Waals surface area (Å²) in [4.78, 5) is 35.9.